The SMILES string of the molecule is Cc1ccc(S(=O)(=O)N(CC(=O)Nc2ccc(C)cc2C)Cc2ccccc2Cl)cc1. The third-order valence-corrected chi connectivity index (χ3v) is 7.11. The van der Waals surface area contributed by atoms with E-state index in [9.17, 15) is 13.2 Å². The molecule has 0 saturated carbocycles. The van der Waals surface area contributed by atoms with Crippen LogP contribution in [0, 0.1) is 20.8 Å². The number of anilines is 1. The molecule has 0 aromatic heterocycles. The van der Waals surface area contributed by atoms with Crippen molar-refractivity contribution < 1.29 is 13.2 Å². The van der Waals surface area contributed by atoms with Gasteiger partial charge in [-0.1, -0.05) is 65.2 Å². The molecular weight excluding hydrogens is 432 g/mol. The van der Waals surface area contributed by atoms with Crippen molar-refractivity contribution in [2.75, 3.05) is 11.9 Å². The molecule has 0 saturated heterocycles. The highest BCUT2D eigenvalue weighted by Gasteiger charge is 2.27. The van der Waals surface area contributed by atoms with E-state index >= 15 is 0 Å². The van der Waals surface area contributed by atoms with Crippen molar-refractivity contribution in [2.24, 2.45) is 0 Å². The van der Waals surface area contributed by atoms with Crippen LogP contribution in [-0.4, -0.2) is 25.2 Å². The molecule has 0 unspecified atom stereocenters. The third-order valence-electron chi connectivity index (χ3n) is 4.94. The first kappa shape index (κ1) is 23.0. The Kier molecular flexibility index (Phi) is 7.15. The Balaban J connectivity index is 1.90. The molecule has 5 nitrogen and oxygen atoms in total. The summed E-state index contributed by atoms with van der Waals surface area (Å²) < 4.78 is 27.9. The van der Waals surface area contributed by atoms with Gasteiger partial charge in [-0.25, -0.2) is 8.42 Å². The summed E-state index contributed by atoms with van der Waals surface area (Å²) in [6.45, 7) is 5.39. The fourth-order valence-electron chi connectivity index (χ4n) is 3.21. The molecular formula is C24H25ClN2O3S. The second-order valence-corrected chi connectivity index (χ2v) is 9.89. The first-order valence-electron chi connectivity index (χ1n) is 9.84. The van der Waals surface area contributed by atoms with E-state index in [0.717, 1.165) is 21.0 Å². The van der Waals surface area contributed by atoms with Crippen molar-refractivity contribution in [3.63, 3.8) is 0 Å². The lowest BCUT2D eigenvalue weighted by molar-refractivity contribution is -0.116. The zero-order valence-corrected chi connectivity index (χ0v) is 19.3. The third kappa shape index (κ3) is 5.73. The molecule has 31 heavy (non-hydrogen) atoms. The average Bonchev–Trinajstić information content (AvgIpc) is 2.71. The first-order chi connectivity index (χ1) is 14.7. The van der Waals surface area contributed by atoms with E-state index in [-0.39, 0.29) is 18.0 Å². The summed E-state index contributed by atoms with van der Waals surface area (Å²) in [6, 6.07) is 19.2. The Morgan fingerprint density at radius 2 is 1.58 bits per heavy atom. The Morgan fingerprint density at radius 1 is 0.935 bits per heavy atom. The lowest BCUT2D eigenvalue weighted by Crippen LogP contribution is -2.37. The van der Waals surface area contributed by atoms with Crippen molar-refractivity contribution in [3.05, 3.63) is 94.0 Å². The van der Waals surface area contributed by atoms with Gasteiger partial charge < -0.3 is 5.32 Å². The zero-order valence-electron chi connectivity index (χ0n) is 17.7. The van der Waals surface area contributed by atoms with E-state index in [1.54, 1.807) is 48.5 Å². The van der Waals surface area contributed by atoms with Gasteiger partial charge in [0.1, 0.15) is 0 Å². The van der Waals surface area contributed by atoms with Crippen molar-refractivity contribution in [1.82, 2.24) is 4.31 Å². The minimum atomic E-state index is -3.92. The smallest absolute Gasteiger partial charge is 0.243 e. The van der Waals surface area contributed by atoms with Crippen LogP contribution >= 0.6 is 11.6 Å². The average molecular weight is 457 g/mol. The number of aryl methyl sites for hydroxylation is 3. The molecule has 162 valence electrons. The summed E-state index contributed by atoms with van der Waals surface area (Å²) in [4.78, 5) is 12.9. The highest BCUT2D eigenvalue weighted by Crippen LogP contribution is 2.23. The van der Waals surface area contributed by atoms with Crippen LogP contribution in [0.1, 0.15) is 22.3 Å². The molecule has 7 heteroatoms. The van der Waals surface area contributed by atoms with E-state index in [1.807, 2.05) is 39.0 Å². The molecule has 3 aromatic rings. The summed E-state index contributed by atoms with van der Waals surface area (Å²) in [5.74, 6) is -0.422. The highest BCUT2D eigenvalue weighted by atomic mass is 35.5. The number of nitrogens with one attached hydrogen (secondary N) is 1. The Morgan fingerprint density at radius 3 is 2.23 bits per heavy atom. The number of nitrogens with zero attached hydrogens (tertiary/aromatic N) is 1. The number of rotatable bonds is 7. The second kappa shape index (κ2) is 9.64. The summed E-state index contributed by atoms with van der Waals surface area (Å²) in [5, 5.41) is 3.27. The van der Waals surface area contributed by atoms with Gasteiger partial charge in [-0.2, -0.15) is 4.31 Å². The van der Waals surface area contributed by atoms with Crippen LogP contribution in [0.25, 0.3) is 0 Å². The number of halogens is 1. The predicted octanol–water partition coefficient (Wildman–Crippen LogP) is 5.09. The maximum atomic E-state index is 13.4. The molecule has 0 bridgehead atoms. The van der Waals surface area contributed by atoms with E-state index in [2.05, 4.69) is 5.32 Å². The van der Waals surface area contributed by atoms with Crippen LogP contribution in [0.4, 0.5) is 5.69 Å². The number of hydrogen-bond donors (Lipinski definition) is 1. The minimum Gasteiger partial charge on any atom is -0.325 e. The lowest BCUT2D eigenvalue weighted by Gasteiger charge is -2.23. The molecule has 0 aliphatic rings. The van der Waals surface area contributed by atoms with E-state index < -0.39 is 15.9 Å². The molecule has 1 amide bonds. The topological polar surface area (TPSA) is 66.5 Å². The molecule has 0 atom stereocenters. The summed E-state index contributed by atoms with van der Waals surface area (Å²) >= 11 is 6.27. The van der Waals surface area contributed by atoms with E-state index in [0.29, 0.717) is 16.3 Å². The quantitative estimate of drug-likeness (QED) is 0.538. The van der Waals surface area contributed by atoms with Crippen molar-refractivity contribution in [3.8, 4) is 0 Å². The molecule has 3 rings (SSSR count). The number of hydrogen-bond acceptors (Lipinski definition) is 3. The highest BCUT2D eigenvalue weighted by molar-refractivity contribution is 7.89. The van der Waals surface area contributed by atoms with Crippen LogP contribution in [0.3, 0.4) is 0 Å². The fraction of sp³-hybridized carbons (Fsp3) is 0.208. The molecule has 0 heterocycles. The predicted molar refractivity (Wildman–Crippen MR) is 125 cm³/mol. The number of carbonyl (C=O) groups is 1. The summed E-state index contributed by atoms with van der Waals surface area (Å²) in [7, 11) is -3.92. The summed E-state index contributed by atoms with van der Waals surface area (Å²) in [6.07, 6.45) is 0. The molecule has 1 N–H and O–H groups in total. The largest absolute Gasteiger partial charge is 0.325 e. The molecule has 0 radical (unpaired) electrons. The number of sulfonamides is 1. The van der Waals surface area contributed by atoms with Crippen LogP contribution < -0.4 is 5.32 Å². The Hall–Kier alpha value is -2.67. The van der Waals surface area contributed by atoms with Gasteiger partial charge in [-0.15, -0.1) is 0 Å². The monoisotopic (exact) mass is 456 g/mol. The minimum absolute atomic E-state index is 0.0177. The van der Waals surface area contributed by atoms with Crippen LogP contribution in [-0.2, 0) is 21.4 Å². The molecule has 0 aliphatic heterocycles. The lowest BCUT2D eigenvalue weighted by atomic mass is 10.1. The van der Waals surface area contributed by atoms with Gasteiger partial charge in [-0.05, 0) is 56.2 Å². The molecule has 0 aliphatic carbocycles. The zero-order chi connectivity index (χ0) is 22.6. The van der Waals surface area contributed by atoms with Crippen LogP contribution in [0.5, 0.6) is 0 Å². The normalized spacial score (nSPS) is 11.5. The number of carbonyl (C=O) groups excluding carboxylic acids is 1. The van der Waals surface area contributed by atoms with Gasteiger partial charge in [0, 0.05) is 17.3 Å². The van der Waals surface area contributed by atoms with Gasteiger partial charge in [0.25, 0.3) is 0 Å². The van der Waals surface area contributed by atoms with Crippen LogP contribution in [0.2, 0.25) is 5.02 Å². The van der Waals surface area contributed by atoms with E-state index in [1.165, 1.54) is 0 Å². The Labute approximate surface area is 188 Å². The van der Waals surface area contributed by atoms with Gasteiger partial charge in [0.2, 0.25) is 15.9 Å². The van der Waals surface area contributed by atoms with Crippen LogP contribution in [0.15, 0.2) is 71.6 Å². The molecule has 0 fully saturated rings. The van der Waals surface area contributed by atoms with Gasteiger partial charge in [0.05, 0.1) is 11.4 Å². The van der Waals surface area contributed by atoms with Gasteiger partial charge >= 0.3 is 0 Å². The fourth-order valence-corrected chi connectivity index (χ4v) is 4.78. The second-order valence-electron chi connectivity index (χ2n) is 7.54. The standard InChI is InChI=1S/C24H25ClN2O3S/c1-17-8-11-21(12-9-17)31(29,30)27(15-20-6-4-5-7-22(20)25)16-24(28)26-23-13-10-18(2)14-19(23)3/h4-14H,15-16H2,1-3H3,(H,26,28). The number of amides is 1. The van der Waals surface area contributed by atoms with Crippen molar-refractivity contribution in [2.45, 2.75) is 32.2 Å². The van der Waals surface area contributed by atoms with Crippen molar-refractivity contribution in [1.29, 1.82) is 0 Å². The first-order valence-corrected chi connectivity index (χ1v) is 11.7. The summed E-state index contributed by atoms with van der Waals surface area (Å²) in [5.41, 5.74) is 4.22. The van der Waals surface area contributed by atoms with Gasteiger partial charge in [0.15, 0.2) is 0 Å². The van der Waals surface area contributed by atoms with Crippen molar-refractivity contribution >= 4 is 33.2 Å². The number of benzene rings is 3. The molecule has 3 aromatic carbocycles. The maximum Gasteiger partial charge on any atom is 0.243 e. The molecule has 0 spiro atoms. The van der Waals surface area contributed by atoms with Gasteiger partial charge in [-0.3, -0.25) is 4.79 Å². The maximum absolute atomic E-state index is 13.4. The van der Waals surface area contributed by atoms with E-state index in [4.69, 9.17) is 11.6 Å². The Bertz CT molecular complexity index is 1190.